The lowest BCUT2D eigenvalue weighted by molar-refractivity contribution is 0.104. The van der Waals surface area contributed by atoms with Gasteiger partial charge >= 0.3 is 0 Å². The average molecular weight is 287 g/mol. The summed E-state index contributed by atoms with van der Waals surface area (Å²) in [4.78, 5) is 8.25. The Balaban J connectivity index is 1.91. The summed E-state index contributed by atoms with van der Waals surface area (Å²) in [6.07, 6.45) is 4.62. The van der Waals surface area contributed by atoms with E-state index in [4.69, 9.17) is 10.6 Å². The van der Waals surface area contributed by atoms with Crippen LogP contribution in [0, 0.1) is 0 Å². The molecule has 0 amide bonds. The number of fused-ring (bicyclic) bond motifs is 1. The van der Waals surface area contributed by atoms with E-state index in [1.807, 2.05) is 0 Å². The van der Waals surface area contributed by atoms with Gasteiger partial charge in [0.1, 0.15) is 0 Å². The van der Waals surface area contributed by atoms with E-state index in [1.165, 1.54) is 29.7 Å². The summed E-state index contributed by atoms with van der Waals surface area (Å²) in [5, 5.41) is 2.05. The van der Waals surface area contributed by atoms with Crippen LogP contribution in [-0.2, 0) is 4.84 Å². The molecule has 2 aliphatic rings. The highest BCUT2D eigenvalue weighted by molar-refractivity contribution is 5.63. The van der Waals surface area contributed by atoms with Crippen LogP contribution < -0.4 is 10.8 Å². The first-order valence-electron chi connectivity index (χ1n) is 7.82. The van der Waals surface area contributed by atoms with Gasteiger partial charge in [-0.3, -0.25) is 4.84 Å². The third kappa shape index (κ3) is 2.84. The predicted molar refractivity (Wildman–Crippen MR) is 85.8 cm³/mol. The number of allylic oxidation sites excluding steroid dienone is 1. The second-order valence-electron chi connectivity index (χ2n) is 6.15. The summed E-state index contributed by atoms with van der Waals surface area (Å²) in [5.74, 6) is 0. The summed E-state index contributed by atoms with van der Waals surface area (Å²) in [6.45, 7) is 1.60. The maximum Gasteiger partial charge on any atom is 0.0880 e. The molecule has 1 aromatic carbocycles. The molecule has 3 rings (SSSR count). The number of para-hydroxylation sites is 1. The number of rotatable bonds is 4. The van der Waals surface area contributed by atoms with Crippen molar-refractivity contribution in [1.82, 2.24) is 4.90 Å². The van der Waals surface area contributed by atoms with Crippen molar-refractivity contribution in [1.29, 1.82) is 0 Å². The fourth-order valence-electron chi connectivity index (χ4n) is 3.21. The van der Waals surface area contributed by atoms with Crippen LogP contribution >= 0.6 is 0 Å². The highest BCUT2D eigenvalue weighted by Gasteiger charge is 2.32. The van der Waals surface area contributed by atoms with Gasteiger partial charge in [0.15, 0.2) is 0 Å². The molecule has 0 bridgehead atoms. The van der Waals surface area contributed by atoms with Crippen molar-refractivity contribution in [3.63, 3.8) is 0 Å². The molecule has 0 saturated heterocycles. The Kier molecular flexibility index (Phi) is 4.29. The lowest BCUT2D eigenvalue weighted by Gasteiger charge is -2.39. The fourth-order valence-corrected chi connectivity index (χ4v) is 3.21. The van der Waals surface area contributed by atoms with Crippen LogP contribution in [0.2, 0.25) is 0 Å². The standard InChI is InChI=1S/C17H25N3O/c1-19(2)11-12-21-20-15-9-5-3-7-13(15)17(18)14-8-4-6-10-16(14)20/h3,5,7,9,17H,4,6,8,10-12,18H2,1-2H3. The molecule has 1 unspecified atom stereocenters. The van der Waals surface area contributed by atoms with Crippen molar-refractivity contribution >= 4 is 5.69 Å². The molecule has 1 atom stereocenters. The zero-order chi connectivity index (χ0) is 14.8. The van der Waals surface area contributed by atoms with E-state index in [2.05, 4.69) is 48.3 Å². The van der Waals surface area contributed by atoms with Gasteiger partial charge in [0.2, 0.25) is 0 Å². The van der Waals surface area contributed by atoms with Crippen LogP contribution in [0.25, 0.3) is 0 Å². The summed E-state index contributed by atoms with van der Waals surface area (Å²) in [6, 6.07) is 8.39. The van der Waals surface area contributed by atoms with Crippen LogP contribution in [0.15, 0.2) is 35.5 Å². The lowest BCUT2D eigenvalue weighted by Crippen LogP contribution is -2.36. The Morgan fingerprint density at radius 3 is 2.81 bits per heavy atom. The van der Waals surface area contributed by atoms with Gasteiger partial charge in [-0.25, -0.2) is 5.06 Å². The maximum absolute atomic E-state index is 6.49. The van der Waals surface area contributed by atoms with Crippen molar-refractivity contribution in [3.05, 3.63) is 41.1 Å². The second-order valence-corrected chi connectivity index (χ2v) is 6.15. The smallest absolute Gasteiger partial charge is 0.0880 e. The minimum Gasteiger partial charge on any atom is -0.320 e. The Morgan fingerprint density at radius 2 is 2.00 bits per heavy atom. The quantitative estimate of drug-likeness (QED) is 0.924. The van der Waals surface area contributed by atoms with Crippen LogP contribution in [0.4, 0.5) is 5.69 Å². The zero-order valence-electron chi connectivity index (χ0n) is 13.0. The van der Waals surface area contributed by atoms with Crippen molar-refractivity contribution < 1.29 is 4.84 Å². The number of likely N-dealkylation sites (N-methyl/N-ethyl adjacent to an activating group) is 1. The Hall–Kier alpha value is -1.36. The first-order valence-corrected chi connectivity index (χ1v) is 7.82. The molecule has 1 aromatic rings. The monoisotopic (exact) mass is 287 g/mol. The Morgan fingerprint density at radius 1 is 1.24 bits per heavy atom. The normalized spacial score (nSPS) is 21.5. The van der Waals surface area contributed by atoms with E-state index in [0.717, 1.165) is 25.1 Å². The summed E-state index contributed by atoms with van der Waals surface area (Å²) in [7, 11) is 4.13. The fraction of sp³-hybridized carbons (Fsp3) is 0.529. The molecular formula is C17H25N3O. The van der Waals surface area contributed by atoms with Crippen molar-refractivity contribution in [2.24, 2.45) is 5.73 Å². The van der Waals surface area contributed by atoms with Gasteiger partial charge < -0.3 is 10.6 Å². The highest BCUT2D eigenvalue weighted by atomic mass is 16.7. The van der Waals surface area contributed by atoms with Crippen molar-refractivity contribution in [2.75, 3.05) is 32.3 Å². The van der Waals surface area contributed by atoms with E-state index < -0.39 is 0 Å². The second kappa shape index (κ2) is 6.18. The molecule has 1 heterocycles. The predicted octanol–water partition coefficient (Wildman–Crippen LogP) is 2.83. The van der Waals surface area contributed by atoms with Gasteiger partial charge in [0.25, 0.3) is 0 Å². The molecular weight excluding hydrogens is 262 g/mol. The summed E-state index contributed by atoms with van der Waals surface area (Å²) < 4.78 is 0. The maximum atomic E-state index is 6.49. The molecule has 4 heteroatoms. The van der Waals surface area contributed by atoms with E-state index in [0.29, 0.717) is 6.61 Å². The van der Waals surface area contributed by atoms with Crippen LogP contribution in [0.3, 0.4) is 0 Å². The molecule has 0 aromatic heterocycles. The molecule has 114 valence electrons. The van der Waals surface area contributed by atoms with Crippen molar-refractivity contribution in [2.45, 2.75) is 31.7 Å². The largest absolute Gasteiger partial charge is 0.320 e. The molecule has 1 aliphatic heterocycles. The Labute approximate surface area is 127 Å². The first-order chi connectivity index (χ1) is 10.2. The number of hydroxylamine groups is 1. The lowest BCUT2D eigenvalue weighted by atomic mass is 9.84. The van der Waals surface area contributed by atoms with Gasteiger partial charge in [-0.2, -0.15) is 0 Å². The Bertz CT molecular complexity index is 539. The minimum atomic E-state index is 0.0326. The van der Waals surface area contributed by atoms with Gasteiger partial charge in [-0.15, -0.1) is 0 Å². The van der Waals surface area contributed by atoms with Gasteiger partial charge in [-0.1, -0.05) is 18.2 Å². The topological polar surface area (TPSA) is 41.7 Å². The molecule has 1 aliphatic carbocycles. The number of nitrogens with zero attached hydrogens (tertiary/aromatic N) is 2. The first kappa shape index (κ1) is 14.6. The van der Waals surface area contributed by atoms with E-state index in [9.17, 15) is 0 Å². The van der Waals surface area contributed by atoms with Crippen LogP contribution in [-0.4, -0.2) is 32.1 Å². The minimum absolute atomic E-state index is 0.0326. The third-order valence-electron chi connectivity index (χ3n) is 4.35. The number of anilines is 1. The molecule has 0 fully saturated rings. The van der Waals surface area contributed by atoms with Crippen LogP contribution in [0.1, 0.15) is 37.3 Å². The van der Waals surface area contributed by atoms with Crippen molar-refractivity contribution in [3.8, 4) is 0 Å². The van der Waals surface area contributed by atoms with Crippen LogP contribution in [0.5, 0.6) is 0 Å². The number of hydrogen-bond acceptors (Lipinski definition) is 4. The number of hydrogen-bond donors (Lipinski definition) is 1. The summed E-state index contributed by atoms with van der Waals surface area (Å²) >= 11 is 0. The molecule has 0 spiro atoms. The SMILES string of the molecule is CN(C)CCON1C2=C(CCCC2)C(N)c2ccccc21. The van der Waals surface area contributed by atoms with Gasteiger partial charge in [0, 0.05) is 12.2 Å². The van der Waals surface area contributed by atoms with Gasteiger partial charge in [-0.05, 0) is 57.0 Å². The highest BCUT2D eigenvalue weighted by Crippen LogP contribution is 2.44. The summed E-state index contributed by atoms with van der Waals surface area (Å²) in [5.41, 5.74) is 11.5. The molecule has 21 heavy (non-hydrogen) atoms. The molecule has 4 nitrogen and oxygen atoms in total. The molecule has 0 radical (unpaired) electrons. The molecule has 2 N–H and O–H groups in total. The number of benzene rings is 1. The number of nitrogens with two attached hydrogens (primary N) is 1. The van der Waals surface area contributed by atoms with E-state index >= 15 is 0 Å². The molecule has 0 saturated carbocycles. The zero-order valence-corrected chi connectivity index (χ0v) is 13.0. The van der Waals surface area contributed by atoms with Gasteiger partial charge in [0.05, 0.1) is 18.3 Å². The van der Waals surface area contributed by atoms with E-state index in [1.54, 1.807) is 0 Å². The third-order valence-corrected chi connectivity index (χ3v) is 4.35. The average Bonchev–Trinajstić information content (AvgIpc) is 2.50. The van der Waals surface area contributed by atoms with E-state index in [-0.39, 0.29) is 6.04 Å².